The van der Waals surface area contributed by atoms with E-state index in [1.54, 1.807) is 0 Å². The molecule has 19 heavy (non-hydrogen) atoms. The van der Waals surface area contributed by atoms with E-state index in [1.807, 2.05) is 30.3 Å². The molecule has 0 aliphatic rings. The van der Waals surface area contributed by atoms with Gasteiger partial charge in [0, 0.05) is 11.1 Å². The van der Waals surface area contributed by atoms with Gasteiger partial charge in [-0.25, -0.2) is 4.39 Å². The van der Waals surface area contributed by atoms with Gasteiger partial charge in [0.2, 0.25) is 0 Å². The SMILES string of the molecule is CCNC(Cc1ccc(F)cc1)c1cccc(Cl)c1. The number of hydrogen-bond donors (Lipinski definition) is 1. The minimum Gasteiger partial charge on any atom is -0.310 e. The molecule has 0 spiro atoms. The van der Waals surface area contributed by atoms with E-state index in [2.05, 4.69) is 18.3 Å². The molecule has 1 atom stereocenters. The van der Waals surface area contributed by atoms with Crippen LogP contribution in [0.5, 0.6) is 0 Å². The molecule has 0 saturated carbocycles. The highest BCUT2D eigenvalue weighted by Crippen LogP contribution is 2.21. The van der Waals surface area contributed by atoms with Gasteiger partial charge in [-0.1, -0.05) is 42.8 Å². The highest BCUT2D eigenvalue weighted by atomic mass is 35.5. The van der Waals surface area contributed by atoms with Crippen molar-refractivity contribution in [2.24, 2.45) is 0 Å². The molecule has 0 fully saturated rings. The van der Waals surface area contributed by atoms with Gasteiger partial charge in [0.15, 0.2) is 0 Å². The van der Waals surface area contributed by atoms with Gasteiger partial charge in [-0.2, -0.15) is 0 Å². The summed E-state index contributed by atoms with van der Waals surface area (Å²) in [5.41, 5.74) is 2.26. The molecule has 0 bridgehead atoms. The van der Waals surface area contributed by atoms with E-state index in [0.29, 0.717) is 0 Å². The molecule has 0 aromatic heterocycles. The Hall–Kier alpha value is -1.38. The lowest BCUT2D eigenvalue weighted by Crippen LogP contribution is -2.22. The van der Waals surface area contributed by atoms with E-state index < -0.39 is 0 Å². The fourth-order valence-electron chi connectivity index (χ4n) is 2.13. The smallest absolute Gasteiger partial charge is 0.123 e. The Morgan fingerprint density at radius 3 is 2.53 bits per heavy atom. The molecule has 0 radical (unpaired) electrons. The van der Waals surface area contributed by atoms with Crippen molar-refractivity contribution in [2.75, 3.05) is 6.54 Å². The zero-order valence-corrected chi connectivity index (χ0v) is 11.6. The summed E-state index contributed by atoms with van der Waals surface area (Å²) in [4.78, 5) is 0. The Balaban J connectivity index is 2.18. The van der Waals surface area contributed by atoms with Gasteiger partial charge < -0.3 is 5.32 Å². The third-order valence-electron chi connectivity index (χ3n) is 3.05. The molecular weight excluding hydrogens is 261 g/mol. The number of benzene rings is 2. The van der Waals surface area contributed by atoms with Gasteiger partial charge in [-0.3, -0.25) is 0 Å². The second kappa shape index (κ2) is 6.69. The molecule has 2 rings (SSSR count). The van der Waals surface area contributed by atoms with Crippen molar-refractivity contribution in [1.29, 1.82) is 0 Å². The number of nitrogens with one attached hydrogen (secondary N) is 1. The van der Waals surface area contributed by atoms with Crippen LogP contribution in [0.4, 0.5) is 4.39 Å². The largest absolute Gasteiger partial charge is 0.310 e. The highest BCUT2D eigenvalue weighted by molar-refractivity contribution is 6.30. The summed E-state index contributed by atoms with van der Waals surface area (Å²) in [6.07, 6.45) is 0.814. The first kappa shape index (κ1) is 14.0. The second-order valence-electron chi connectivity index (χ2n) is 4.50. The summed E-state index contributed by atoms with van der Waals surface area (Å²) in [6, 6.07) is 14.7. The maximum atomic E-state index is 12.9. The van der Waals surface area contributed by atoms with Crippen LogP contribution in [0.15, 0.2) is 48.5 Å². The molecule has 2 aromatic carbocycles. The van der Waals surface area contributed by atoms with E-state index in [-0.39, 0.29) is 11.9 Å². The molecule has 0 saturated heterocycles. The Bertz CT molecular complexity index is 525. The lowest BCUT2D eigenvalue weighted by Gasteiger charge is -2.18. The minimum absolute atomic E-state index is 0.189. The van der Waals surface area contributed by atoms with Crippen LogP contribution in [0.25, 0.3) is 0 Å². The summed E-state index contributed by atoms with van der Waals surface area (Å²) in [5.74, 6) is -0.202. The van der Waals surface area contributed by atoms with Crippen LogP contribution >= 0.6 is 11.6 Å². The molecule has 1 nitrogen and oxygen atoms in total. The van der Waals surface area contributed by atoms with E-state index in [4.69, 9.17) is 11.6 Å². The van der Waals surface area contributed by atoms with E-state index in [9.17, 15) is 4.39 Å². The first-order chi connectivity index (χ1) is 9.19. The average Bonchev–Trinajstić information content (AvgIpc) is 2.41. The number of rotatable bonds is 5. The fraction of sp³-hybridized carbons (Fsp3) is 0.250. The average molecular weight is 278 g/mol. The molecule has 0 aliphatic carbocycles. The highest BCUT2D eigenvalue weighted by Gasteiger charge is 2.11. The third kappa shape index (κ3) is 4.05. The van der Waals surface area contributed by atoms with Gasteiger partial charge in [0.25, 0.3) is 0 Å². The lowest BCUT2D eigenvalue weighted by molar-refractivity contribution is 0.549. The maximum Gasteiger partial charge on any atom is 0.123 e. The minimum atomic E-state index is -0.202. The zero-order valence-electron chi connectivity index (χ0n) is 10.9. The van der Waals surface area contributed by atoms with E-state index >= 15 is 0 Å². The van der Waals surface area contributed by atoms with E-state index in [0.717, 1.165) is 29.1 Å². The fourth-order valence-corrected chi connectivity index (χ4v) is 2.33. The summed E-state index contributed by atoms with van der Waals surface area (Å²) in [5, 5.41) is 4.17. The van der Waals surface area contributed by atoms with Crippen LogP contribution in [-0.4, -0.2) is 6.54 Å². The molecule has 2 aromatic rings. The van der Waals surface area contributed by atoms with Crippen LogP contribution in [0.2, 0.25) is 5.02 Å². The molecule has 0 amide bonds. The summed E-state index contributed by atoms with van der Waals surface area (Å²) in [7, 11) is 0. The standard InChI is InChI=1S/C16H17ClFN/c1-2-19-16(13-4-3-5-14(17)11-13)10-12-6-8-15(18)9-7-12/h3-9,11,16,19H,2,10H2,1H3. The Morgan fingerprint density at radius 2 is 1.89 bits per heavy atom. The van der Waals surface area contributed by atoms with Crippen molar-refractivity contribution in [2.45, 2.75) is 19.4 Å². The summed E-state index contributed by atoms with van der Waals surface area (Å²) < 4.78 is 12.9. The molecule has 0 aliphatic heterocycles. The van der Waals surface area contributed by atoms with Crippen LogP contribution in [0, 0.1) is 5.82 Å². The number of halogens is 2. The Morgan fingerprint density at radius 1 is 1.16 bits per heavy atom. The Kier molecular flexibility index (Phi) is 4.94. The topological polar surface area (TPSA) is 12.0 Å². The van der Waals surface area contributed by atoms with Crippen LogP contribution in [-0.2, 0) is 6.42 Å². The molecule has 100 valence electrons. The second-order valence-corrected chi connectivity index (χ2v) is 4.93. The molecule has 1 unspecified atom stereocenters. The van der Waals surface area contributed by atoms with Crippen molar-refractivity contribution in [3.05, 3.63) is 70.5 Å². The quantitative estimate of drug-likeness (QED) is 0.856. The van der Waals surface area contributed by atoms with Gasteiger partial charge >= 0.3 is 0 Å². The normalized spacial score (nSPS) is 12.4. The number of likely N-dealkylation sites (N-methyl/N-ethyl adjacent to an activating group) is 1. The summed E-state index contributed by atoms with van der Waals surface area (Å²) in [6.45, 7) is 2.95. The first-order valence-electron chi connectivity index (χ1n) is 6.42. The van der Waals surface area contributed by atoms with Gasteiger partial charge in [-0.15, -0.1) is 0 Å². The Labute approximate surface area is 118 Å². The molecule has 0 heterocycles. The van der Waals surface area contributed by atoms with Crippen molar-refractivity contribution < 1.29 is 4.39 Å². The predicted molar refractivity (Wildman–Crippen MR) is 78.0 cm³/mol. The monoisotopic (exact) mass is 277 g/mol. The van der Waals surface area contributed by atoms with E-state index in [1.165, 1.54) is 12.1 Å². The van der Waals surface area contributed by atoms with Gasteiger partial charge in [0.05, 0.1) is 0 Å². The van der Waals surface area contributed by atoms with Gasteiger partial charge in [0.1, 0.15) is 5.82 Å². The maximum absolute atomic E-state index is 12.9. The zero-order chi connectivity index (χ0) is 13.7. The van der Waals surface area contributed by atoms with Crippen molar-refractivity contribution in [1.82, 2.24) is 5.32 Å². The third-order valence-corrected chi connectivity index (χ3v) is 3.29. The molecule has 3 heteroatoms. The predicted octanol–water partition coefficient (Wildman–Crippen LogP) is 4.37. The van der Waals surface area contributed by atoms with Crippen LogP contribution in [0.1, 0.15) is 24.1 Å². The molecule has 1 N–H and O–H groups in total. The van der Waals surface area contributed by atoms with Crippen molar-refractivity contribution in [3.63, 3.8) is 0 Å². The molecular formula is C16H17ClFN. The van der Waals surface area contributed by atoms with Gasteiger partial charge in [-0.05, 0) is 48.4 Å². The first-order valence-corrected chi connectivity index (χ1v) is 6.80. The summed E-state index contributed by atoms with van der Waals surface area (Å²) >= 11 is 6.04. The number of hydrogen-bond acceptors (Lipinski definition) is 1. The van der Waals surface area contributed by atoms with Crippen molar-refractivity contribution in [3.8, 4) is 0 Å². The van der Waals surface area contributed by atoms with Crippen LogP contribution < -0.4 is 5.32 Å². The van der Waals surface area contributed by atoms with Crippen molar-refractivity contribution >= 4 is 11.6 Å². The van der Waals surface area contributed by atoms with Crippen LogP contribution in [0.3, 0.4) is 0 Å². The lowest BCUT2D eigenvalue weighted by atomic mass is 9.99.